The molecule has 10 nitrogen and oxygen atoms in total. The Bertz CT molecular complexity index is 1360. The van der Waals surface area contributed by atoms with Crippen molar-refractivity contribution < 1.29 is 27.5 Å². The van der Waals surface area contributed by atoms with Gasteiger partial charge in [-0.3, -0.25) is 4.79 Å². The third-order valence-corrected chi connectivity index (χ3v) is 8.01. The van der Waals surface area contributed by atoms with Crippen LogP contribution >= 0.6 is 0 Å². The summed E-state index contributed by atoms with van der Waals surface area (Å²) in [6.45, 7) is 13.6. The first-order chi connectivity index (χ1) is 18.0. The number of anilines is 1. The molecule has 0 spiro atoms. The van der Waals surface area contributed by atoms with Gasteiger partial charge in [0.25, 0.3) is 15.9 Å². The molecule has 2 amide bonds. The van der Waals surface area contributed by atoms with Crippen LogP contribution in [-0.4, -0.2) is 58.5 Å². The Balaban J connectivity index is 1.66. The van der Waals surface area contributed by atoms with Crippen molar-refractivity contribution in [1.82, 2.24) is 19.6 Å². The number of aromatic nitrogens is 2. The summed E-state index contributed by atoms with van der Waals surface area (Å²) in [5.74, 6) is -1.79. The van der Waals surface area contributed by atoms with Crippen LogP contribution < -0.4 is 10.0 Å². The van der Waals surface area contributed by atoms with Crippen LogP contribution in [0, 0.1) is 11.9 Å². The summed E-state index contributed by atoms with van der Waals surface area (Å²) in [4.78, 5) is 33.5. The molecule has 0 radical (unpaired) electrons. The lowest BCUT2D eigenvalue weighted by Crippen LogP contribution is -2.41. The van der Waals surface area contributed by atoms with E-state index in [0.717, 1.165) is 12.8 Å². The summed E-state index contributed by atoms with van der Waals surface area (Å²) >= 11 is 0. The molecule has 212 valence electrons. The molecule has 1 aliphatic heterocycles. The minimum absolute atomic E-state index is 0.183. The number of sulfonamides is 1. The molecule has 1 saturated heterocycles. The zero-order chi connectivity index (χ0) is 29.2. The molecule has 2 atom stereocenters. The molecule has 1 unspecified atom stereocenters. The van der Waals surface area contributed by atoms with E-state index in [0.29, 0.717) is 18.7 Å². The highest BCUT2D eigenvalue weighted by Gasteiger charge is 2.41. The third-order valence-electron chi connectivity index (χ3n) is 6.78. The molecule has 39 heavy (non-hydrogen) atoms. The van der Waals surface area contributed by atoms with Crippen LogP contribution in [0.15, 0.2) is 48.0 Å². The SMILES string of the molecule is C=CC(CC[C@@H]1CN(C(=O)O)C(C)(C)C1)Nc1cccc(S(=O)(=O)NC(=O)c2ccc(C(C)(C)C)nc2F)n1. The number of carboxylic acid groups (broad SMARTS) is 1. The standard InChI is InChI=1S/C27H36FN5O5S/c1-7-18(12-11-17-15-27(5,6)33(16-17)25(35)36)29-21-9-8-10-22(31-21)39(37,38)32-24(34)19-13-14-20(26(2,3)4)30-23(19)28/h7-10,13-14,17-18H,1,11-12,15-16H2,2-6H3,(H,29,31)(H,32,34)(H,35,36)/t17-,18?/m0/s1. The van der Waals surface area contributed by atoms with E-state index >= 15 is 0 Å². The highest BCUT2D eigenvalue weighted by atomic mass is 32.2. The van der Waals surface area contributed by atoms with Gasteiger partial charge in [0, 0.05) is 29.2 Å². The van der Waals surface area contributed by atoms with Gasteiger partial charge in [-0.2, -0.15) is 12.8 Å². The Hall–Kier alpha value is -3.54. The molecule has 1 aliphatic rings. The summed E-state index contributed by atoms with van der Waals surface area (Å²) in [5, 5.41) is 12.2. The maximum atomic E-state index is 14.5. The van der Waals surface area contributed by atoms with E-state index < -0.39 is 49.5 Å². The largest absolute Gasteiger partial charge is 0.465 e. The van der Waals surface area contributed by atoms with Crippen LogP contribution in [0.3, 0.4) is 0 Å². The Morgan fingerprint density at radius 1 is 1.26 bits per heavy atom. The fourth-order valence-electron chi connectivity index (χ4n) is 4.67. The number of likely N-dealkylation sites (tertiary alicyclic amines) is 1. The summed E-state index contributed by atoms with van der Waals surface area (Å²) in [7, 11) is -4.41. The van der Waals surface area contributed by atoms with Gasteiger partial charge < -0.3 is 15.3 Å². The summed E-state index contributed by atoms with van der Waals surface area (Å²) in [6, 6.07) is 6.70. The number of hydrogen-bond donors (Lipinski definition) is 3. The van der Waals surface area contributed by atoms with Gasteiger partial charge in [0.1, 0.15) is 5.82 Å². The van der Waals surface area contributed by atoms with Crippen molar-refractivity contribution in [2.24, 2.45) is 5.92 Å². The van der Waals surface area contributed by atoms with Gasteiger partial charge in [0.15, 0.2) is 5.03 Å². The van der Waals surface area contributed by atoms with Crippen molar-refractivity contribution in [3.63, 3.8) is 0 Å². The highest BCUT2D eigenvalue weighted by Crippen LogP contribution is 2.35. The lowest BCUT2D eigenvalue weighted by molar-refractivity contribution is 0.0975. The predicted molar refractivity (Wildman–Crippen MR) is 146 cm³/mol. The number of carbonyl (C=O) groups excluding carboxylic acids is 1. The fourth-order valence-corrected chi connectivity index (χ4v) is 5.60. The molecule has 12 heteroatoms. The van der Waals surface area contributed by atoms with Gasteiger partial charge >= 0.3 is 6.09 Å². The van der Waals surface area contributed by atoms with Crippen molar-refractivity contribution in [2.45, 2.75) is 75.9 Å². The van der Waals surface area contributed by atoms with E-state index in [1.807, 2.05) is 39.3 Å². The maximum absolute atomic E-state index is 14.5. The average molecular weight is 562 g/mol. The van der Waals surface area contributed by atoms with Crippen LogP contribution in [0.4, 0.5) is 15.0 Å². The molecule has 3 heterocycles. The second-order valence-corrected chi connectivity index (χ2v) is 13.0. The lowest BCUT2D eigenvalue weighted by Gasteiger charge is -2.28. The maximum Gasteiger partial charge on any atom is 0.407 e. The monoisotopic (exact) mass is 561 g/mol. The van der Waals surface area contributed by atoms with E-state index in [2.05, 4.69) is 21.9 Å². The molecule has 2 aromatic heterocycles. The molecule has 3 rings (SSSR count). The van der Waals surface area contributed by atoms with E-state index in [1.54, 1.807) is 12.1 Å². The highest BCUT2D eigenvalue weighted by molar-refractivity contribution is 7.90. The predicted octanol–water partition coefficient (Wildman–Crippen LogP) is 4.56. The van der Waals surface area contributed by atoms with Crippen LogP contribution in [0.25, 0.3) is 0 Å². The van der Waals surface area contributed by atoms with Gasteiger partial charge in [-0.15, -0.1) is 6.58 Å². The number of nitrogens with zero attached hydrogens (tertiary/aromatic N) is 3. The van der Waals surface area contributed by atoms with Gasteiger partial charge in [-0.1, -0.05) is 32.9 Å². The average Bonchev–Trinajstić information content (AvgIpc) is 3.15. The number of rotatable bonds is 9. The zero-order valence-electron chi connectivity index (χ0n) is 22.9. The molecule has 1 fully saturated rings. The van der Waals surface area contributed by atoms with Gasteiger partial charge in [0.05, 0.1) is 5.56 Å². The van der Waals surface area contributed by atoms with Gasteiger partial charge in [0.2, 0.25) is 5.95 Å². The molecule has 2 aromatic rings. The summed E-state index contributed by atoms with van der Waals surface area (Å²) < 4.78 is 42.1. The smallest absolute Gasteiger partial charge is 0.407 e. The molecular formula is C27H36FN5O5S. The Labute approximate surface area is 228 Å². The summed E-state index contributed by atoms with van der Waals surface area (Å²) in [6.07, 6.45) is 2.85. The van der Waals surface area contributed by atoms with Crippen molar-refractivity contribution in [1.29, 1.82) is 0 Å². The van der Waals surface area contributed by atoms with Crippen molar-refractivity contribution in [2.75, 3.05) is 11.9 Å². The van der Waals surface area contributed by atoms with Crippen molar-refractivity contribution in [3.8, 4) is 0 Å². The first-order valence-electron chi connectivity index (χ1n) is 12.6. The second kappa shape index (κ2) is 11.3. The zero-order valence-corrected chi connectivity index (χ0v) is 23.7. The molecule has 0 aliphatic carbocycles. The molecule has 3 N–H and O–H groups in total. The van der Waals surface area contributed by atoms with E-state index in [4.69, 9.17) is 0 Å². The van der Waals surface area contributed by atoms with Crippen LogP contribution in [0.5, 0.6) is 0 Å². The Morgan fingerprint density at radius 2 is 1.95 bits per heavy atom. The topological polar surface area (TPSA) is 142 Å². The van der Waals surface area contributed by atoms with Crippen molar-refractivity contribution >= 4 is 27.8 Å². The molecule has 0 saturated carbocycles. The quantitative estimate of drug-likeness (QED) is 0.299. The number of hydrogen-bond acceptors (Lipinski definition) is 7. The second-order valence-electron chi connectivity index (χ2n) is 11.4. The first kappa shape index (κ1) is 30.0. The van der Waals surface area contributed by atoms with E-state index in [1.165, 1.54) is 29.2 Å². The molecule has 0 bridgehead atoms. The number of carbonyl (C=O) groups is 2. The van der Waals surface area contributed by atoms with Crippen LogP contribution in [-0.2, 0) is 15.4 Å². The first-order valence-corrected chi connectivity index (χ1v) is 14.1. The summed E-state index contributed by atoms with van der Waals surface area (Å²) in [5.41, 5.74) is -0.957. The van der Waals surface area contributed by atoms with E-state index in [-0.39, 0.29) is 17.8 Å². The van der Waals surface area contributed by atoms with Crippen LogP contribution in [0.1, 0.15) is 69.9 Å². The number of nitrogens with one attached hydrogen (secondary N) is 2. The minimum Gasteiger partial charge on any atom is -0.465 e. The number of amides is 2. The third kappa shape index (κ3) is 7.31. The Kier molecular flexibility index (Phi) is 8.69. The number of halogens is 1. The van der Waals surface area contributed by atoms with Gasteiger partial charge in [-0.05, 0) is 63.3 Å². The molecular weight excluding hydrogens is 525 g/mol. The number of pyridine rings is 2. The Morgan fingerprint density at radius 3 is 2.51 bits per heavy atom. The fraction of sp³-hybridized carbons (Fsp3) is 0.481. The normalized spacial score (nSPS) is 17.9. The minimum atomic E-state index is -4.41. The van der Waals surface area contributed by atoms with Crippen LogP contribution in [0.2, 0.25) is 0 Å². The lowest BCUT2D eigenvalue weighted by atomic mass is 9.91. The van der Waals surface area contributed by atoms with Crippen molar-refractivity contribution in [3.05, 3.63) is 60.2 Å². The van der Waals surface area contributed by atoms with E-state index in [9.17, 15) is 27.5 Å². The molecule has 0 aromatic carbocycles. The van der Waals surface area contributed by atoms with Gasteiger partial charge in [-0.25, -0.2) is 19.5 Å².